The minimum absolute atomic E-state index is 0.0111. The minimum atomic E-state index is 0.0111. The van der Waals surface area contributed by atoms with Crippen molar-refractivity contribution in [2.24, 2.45) is 5.92 Å². The highest BCUT2D eigenvalue weighted by atomic mass is 16.5. The highest BCUT2D eigenvalue weighted by Gasteiger charge is 2.24. The lowest BCUT2D eigenvalue weighted by atomic mass is 9.99. The summed E-state index contributed by atoms with van der Waals surface area (Å²) in [6.45, 7) is 3.31. The van der Waals surface area contributed by atoms with Crippen molar-refractivity contribution in [2.75, 3.05) is 55.5 Å². The molecule has 7 heteroatoms. The molecule has 3 rings (SSSR count). The van der Waals surface area contributed by atoms with Gasteiger partial charge in [0.25, 0.3) is 0 Å². The summed E-state index contributed by atoms with van der Waals surface area (Å²) in [5.41, 5.74) is 0.675. The lowest BCUT2D eigenvalue weighted by Gasteiger charge is -2.24. The highest BCUT2D eigenvalue weighted by Crippen LogP contribution is 2.26. The molecule has 1 amide bonds. The van der Waals surface area contributed by atoms with E-state index in [2.05, 4.69) is 20.2 Å². The molecule has 0 spiro atoms. The summed E-state index contributed by atoms with van der Waals surface area (Å²) in [5, 5.41) is 3.00. The molecule has 0 aromatic carbocycles. The monoisotopic (exact) mass is 319 g/mol. The molecule has 7 nitrogen and oxygen atoms in total. The van der Waals surface area contributed by atoms with Gasteiger partial charge in [0.05, 0.1) is 6.20 Å². The van der Waals surface area contributed by atoms with Gasteiger partial charge in [-0.3, -0.25) is 4.79 Å². The maximum Gasteiger partial charge on any atom is 0.227 e. The fourth-order valence-corrected chi connectivity index (χ4v) is 3.06. The van der Waals surface area contributed by atoms with Gasteiger partial charge in [0.1, 0.15) is 5.69 Å². The number of nitrogens with one attached hydrogen (secondary N) is 1. The van der Waals surface area contributed by atoms with E-state index in [9.17, 15) is 4.79 Å². The second kappa shape index (κ2) is 7.12. The summed E-state index contributed by atoms with van der Waals surface area (Å²) < 4.78 is 5.32. The van der Waals surface area contributed by atoms with Crippen molar-refractivity contribution in [3.05, 3.63) is 6.20 Å². The average Bonchev–Trinajstić information content (AvgIpc) is 3.10. The van der Waals surface area contributed by atoms with Crippen LogP contribution in [0.3, 0.4) is 0 Å². The third-order valence-corrected chi connectivity index (χ3v) is 4.42. The molecule has 2 fully saturated rings. The summed E-state index contributed by atoms with van der Waals surface area (Å²) in [7, 11) is 3.86. The molecule has 1 N–H and O–H groups in total. The van der Waals surface area contributed by atoms with Crippen molar-refractivity contribution in [2.45, 2.75) is 25.7 Å². The summed E-state index contributed by atoms with van der Waals surface area (Å²) in [6, 6.07) is 0. The van der Waals surface area contributed by atoms with Crippen LogP contribution < -0.4 is 15.1 Å². The smallest absolute Gasteiger partial charge is 0.227 e. The van der Waals surface area contributed by atoms with Crippen LogP contribution >= 0.6 is 0 Å². The Labute approximate surface area is 137 Å². The molecule has 2 aliphatic rings. The molecule has 0 saturated carbocycles. The van der Waals surface area contributed by atoms with Crippen LogP contribution in [-0.4, -0.2) is 56.3 Å². The van der Waals surface area contributed by atoms with Crippen molar-refractivity contribution in [1.29, 1.82) is 0 Å². The first-order chi connectivity index (χ1) is 11.1. The third-order valence-electron chi connectivity index (χ3n) is 4.42. The van der Waals surface area contributed by atoms with Gasteiger partial charge >= 0.3 is 0 Å². The molecule has 0 unspecified atom stereocenters. The Bertz CT molecular complexity index is 551. The van der Waals surface area contributed by atoms with Crippen LogP contribution in [0.2, 0.25) is 0 Å². The summed E-state index contributed by atoms with van der Waals surface area (Å²) in [5.74, 6) is 1.54. The van der Waals surface area contributed by atoms with E-state index in [1.54, 1.807) is 6.20 Å². The number of carbonyl (C=O) groups is 1. The van der Waals surface area contributed by atoms with Crippen LogP contribution in [0.25, 0.3) is 0 Å². The normalized spacial score (nSPS) is 19.0. The molecule has 1 aromatic heterocycles. The van der Waals surface area contributed by atoms with Crippen LogP contribution in [0, 0.1) is 5.92 Å². The Hall–Kier alpha value is -1.89. The van der Waals surface area contributed by atoms with Gasteiger partial charge in [-0.05, 0) is 25.7 Å². The van der Waals surface area contributed by atoms with Gasteiger partial charge in [-0.1, -0.05) is 0 Å². The summed E-state index contributed by atoms with van der Waals surface area (Å²) in [4.78, 5) is 25.6. The van der Waals surface area contributed by atoms with Crippen LogP contribution in [0.1, 0.15) is 25.7 Å². The first-order valence-corrected chi connectivity index (χ1v) is 8.33. The van der Waals surface area contributed by atoms with Gasteiger partial charge in [-0.2, -0.15) is 4.98 Å². The molecule has 0 bridgehead atoms. The van der Waals surface area contributed by atoms with E-state index < -0.39 is 0 Å². The fourth-order valence-electron chi connectivity index (χ4n) is 3.06. The van der Waals surface area contributed by atoms with E-state index in [4.69, 9.17) is 4.74 Å². The standard InChI is InChI=1S/C16H25N5O2/c1-20(2)14-13(18-15(22)12-5-9-23-10-6-12)11-17-16(19-14)21-7-3-4-8-21/h11-12H,3-10H2,1-2H3,(H,18,22). The van der Waals surface area contributed by atoms with Gasteiger partial charge in [0.15, 0.2) is 5.82 Å². The number of hydrogen-bond acceptors (Lipinski definition) is 6. The first-order valence-electron chi connectivity index (χ1n) is 8.33. The molecule has 126 valence electrons. The van der Waals surface area contributed by atoms with Crippen LogP contribution in [0.15, 0.2) is 6.20 Å². The minimum Gasteiger partial charge on any atom is -0.381 e. The summed E-state index contributed by atoms with van der Waals surface area (Å²) in [6.07, 6.45) is 5.64. The molecule has 3 heterocycles. The molecular formula is C16H25N5O2. The van der Waals surface area contributed by atoms with Crippen molar-refractivity contribution in [3.8, 4) is 0 Å². The number of hydrogen-bond donors (Lipinski definition) is 1. The largest absolute Gasteiger partial charge is 0.381 e. The molecule has 23 heavy (non-hydrogen) atoms. The van der Waals surface area contributed by atoms with E-state index in [1.807, 2.05) is 19.0 Å². The van der Waals surface area contributed by atoms with Crippen LogP contribution in [0.5, 0.6) is 0 Å². The van der Waals surface area contributed by atoms with E-state index in [0.717, 1.165) is 37.7 Å². The number of carbonyl (C=O) groups excluding carboxylic acids is 1. The summed E-state index contributed by atoms with van der Waals surface area (Å²) >= 11 is 0. The molecule has 2 aliphatic heterocycles. The number of nitrogens with zero attached hydrogens (tertiary/aromatic N) is 4. The lowest BCUT2D eigenvalue weighted by molar-refractivity contribution is -0.122. The predicted molar refractivity (Wildman–Crippen MR) is 90.0 cm³/mol. The van der Waals surface area contributed by atoms with E-state index in [-0.39, 0.29) is 11.8 Å². The second-order valence-electron chi connectivity index (χ2n) is 6.37. The molecular weight excluding hydrogens is 294 g/mol. The Morgan fingerprint density at radius 3 is 2.65 bits per heavy atom. The van der Waals surface area contributed by atoms with Crippen LogP contribution in [-0.2, 0) is 9.53 Å². The average molecular weight is 319 g/mol. The van der Waals surface area contributed by atoms with Crippen molar-refractivity contribution < 1.29 is 9.53 Å². The molecule has 1 aromatic rings. The fraction of sp³-hybridized carbons (Fsp3) is 0.688. The van der Waals surface area contributed by atoms with Gasteiger partial charge in [-0.25, -0.2) is 4.98 Å². The Kier molecular flexibility index (Phi) is 4.95. The number of amides is 1. The number of anilines is 3. The van der Waals surface area contributed by atoms with Gasteiger partial charge in [0.2, 0.25) is 11.9 Å². The molecule has 0 radical (unpaired) electrons. The van der Waals surface area contributed by atoms with Crippen molar-refractivity contribution in [1.82, 2.24) is 9.97 Å². The first kappa shape index (κ1) is 16.0. The topological polar surface area (TPSA) is 70.6 Å². The lowest BCUT2D eigenvalue weighted by Crippen LogP contribution is -2.30. The maximum atomic E-state index is 12.4. The third kappa shape index (κ3) is 3.72. The zero-order chi connectivity index (χ0) is 16.2. The second-order valence-corrected chi connectivity index (χ2v) is 6.37. The Morgan fingerprint density at radius 1 is 1.30 bits per heavy atom. The highest BCUT2D eigenvalue weighted by molar-refractivity contribution is 5.95. The van der Waals surface area contributed by atoms with E-state index in [1.165, 1.54) is 12.8 Å². The van der Waals surface area contributed by atoms with E-state index >= 15 is 0 Å². The molecule has 0 atom stereocenters. The predicted octanol–water partition coefficient (Wildman–Crippen LogP) is 1.51. The van der Waals surface area contributed by atoms with Gasteiger partial charge < -0.3 is 19.9 Å². The van der Waals surface area contributed by atoms with Gasteiger partial charge in [-0.15, -0.1) is 0 Å². The Morgan fingerprint density at radius 2 is 2.00 bits per heavy atom. The number of aromatic nitrogens is 2. The molecule has 0 aliphatic carbocycles. The quantitative estimate of drug-likeness (QED) is 0.907. The maximum absolute atomic E-state index is 12.4. The Balaban J connectivity index is 1.76. The van der Waals surface area contributed by atoms with E-state index in [0.29, 0.717) is 18.9 Å². The molecule has 2 saturated heterocycles. The van der Waals surface area contributed by atoms with Crippen molar-refractivity contribution in [3.63, 3.8) is 0 Å². The zero-order valence-corrected chi connectivity index (χ0v) is 13.9. The van der Waals surface area contributed by atoms with Crippen molar-refractivity contribution >= 4 is 23.4 Å². The SMILES string of the molecule is CN(C)c1nc(N2CCCC2)ncc1NC(=O)C1CCOCC1. The zero-order valence-electron chi connectivity index (χ0n) is 13.9. The number of ether oxygens (including phenoxy) is 1. The number of rotatable bonds is 4. The van der Waals surface area contributed by atoms with Gasteiger partial charge in [0, 0.05) is 46.3 Å². The van der Waals surface area contributed by atoms with Crippen LogP contribution in [0.4, 0.5) is 17.5 Å².